The van der Waals surface area contributed by atoms with E-state index in [2.05, 4.69) is 33.9 Å². The molecule has 1 fully saturated rings. The molecule has 2 rings (SSSR count). The normalized spacial score (nSPS) is 23.2. The van der Waals surface area contributed by atoms with Crippen molar-refractivity contribution in [2.75, 3.05) is 33.7 Å². The van der Waals surface area contributed by atoms with Gasteiger partial charge in [-0.25, -0.2) is 9.97 Å². The van der Waals surface area contributed by atoms with Crippen LogP contribution in [-0.2, 0) is 0 Å². The molecule has 2 heterocycles. The van der Waals surface area contributed by atoms with Crippen molar-refractivity contribution in [3.63, 3.8) is 0 Å². The number of likely N-dealkylation sites (tertiary alicyclic amines) is 1. The fourth-order valence-corrected chi connectivity index (χ4v) is 2.72. The minimum absolute atomic E-state index is 0.185. The third-order valence-corrected chi connectivity index (χ3v) is 3.84. The van der Waals surface area contributed by atoms with E-state index in [-0.39, 0.29) is 6.04 Å². The number of rotatable bonds is 4. The molecule has 100 valence electrons. The van der Waals surface area contributed by atoms with Crippen molar-refractivity contribution in [1.29, 1.82) is 0 Å². The minimum atomic E-state index is 0.185. The van der Waals surface area contributed by atoms with Crippen molar-refractivity contribution >= 4 is 0 Å². The number of piperidine rings is 1. The second-order valence-electron chi connectivity index (χ2n) is 5.11. The van der Waals surface area contributed by atoms with E-state index in [1.807, 2.05) is 6.07 Å². The fraction of sp³-hybridized carbons (Fsp3) is 0.692. The zero-order chi connectivity index (χ0) is 13.0. The molecule has 2 atom stereocenters. The van der Waals surface area contributed by atoms with Gasteiger partial charge in [-0.2, -0.15) is 0 Å². The van der Waals surface area contributed by atoms with Gasteiger partial charge in [0.25, 0.3) is 0 Å². The number of nitrogens with zero attached hydrogens (tertiary/aromatic N) is 4. The highest BCUT2D eigenvalue weighted by atomic mass is 15.2. The lowest BCUT2D eigenvalue weighted by molar-refractivity contribution is 0.0994. The van der Waals surface area contributed by atoms with Crippen LogP contribution in [-0.4, -0.2) is 59.5 Å². The molecule has 0 spiro atoms. The van der Waals surface area contributed by atoms with Crippen LogP contribution in [0.25, 0.3) is 0 Å². The number of likely N-dealkylation sites (N-methyl/N-ethyl adjacent to an activating group) is 2. The summed E-state index contributed by atoms with van der Waals surface area (Å²) in [7, 11) is 4.34. The molecule has 1 aromatic heterocycles. The average Bonchev–Trinajstić information content (AvgIpc) is 2.41. The van der Waals surface area contributed by atoms with Crippen molar-refractivity contribution in [3.8, 4) is 0 Å². The van der Waals surface area contributed by atoms with Crippen molar-refractivity contribution in [1.82, 2.24) is 19.8 Å². The first-order valence-electron chi connectivity index (χ1n) is 6.59. The lowest BCUT2D eigenvalue weighted by Gasteiger charge is -2.39. The third kappa shape index (κ3) is 3.04. The molecule has 0 amide bonds. The molecule has 5 heteroatoms. The molecule has 0 bridgehead atoms. The van der Waals surface area contributed by atoms with E-state index in [4.69, 9.17) is 5.73 Å². The van der Waals surface area contributed by atoms with E-state index in [9.17, 15) is 0 Å². The van der Waals surface area contributed by atoms with Crippen LogP contribution in [0.15, 0.2) is 18.6 Å². The summed E-state index contributed by atoms with van der Waals surface area (Å²) in [6, 6.07) is 2.71. The van der Waals surface area contributed by atoms with Gasteiger partial charge in [-0.15, -0.1) is 0 Å². The standard InChI is InChI=1S/C13H23N5/c1-17-7-3-4-11(9-17)18(2)13(8-14)12-5-6-15-10-16-12/h5-6,10-11,13H,3-4,7-9,14H2,1-2H3. The van der Waals surface area contributed by atoms with Crippen LogP contribution >= 0.6 is 0 Å². The quantitative estimate of drug-likeness (QED) is 0.842. The molecule has 1 aromatic rings. The van der Waals surface area contributed by atoms with Gasteiger partial charge in [0.2, 0.25) is 0 Å². The Hall–Kier alpha value is -1.04. The summed E-state index contributed by atoms with van der Waals surface area (Å²) in [6.45, 7) is 2.90. The molecule has 2 N–H and O–H groups in total. The fourth-order valence-electron chi connectivity index (χ4n) is 2.72. The predicted octanol–water partition coefficient (Wildman–Crippen LogP) is 0.502. The SMILES string of the molecule is CN1CCCC(N(C)C(CN)c2ccncn2)C1. The maximum absolute atomic E-state index is 5.93. The Balaban J connectivity index is 2.07. The van der Waals surface area contributed by atoms with Crippen LogP contribution in [0.1, 0.15) is 24.6 Å². The Morgan fingerprint density at radius 1 is 1.61 bits per heavy atom. The Morgan fingerprint density at radius 2 is 2.44 bits per heavy atom. The first-order chi connectivity index (χ1) is 8.72. The Bertz CT molecular complexity index is 356. The monoisotopic (exact) mass is 249 g/mol. The lowest BCUT2D eigenvalue weighted by Crippen LogP contribution is -2.47. The van der Waals surface area contributed by atoms with Crippen molar-refractivity contribution in [3.05, 3.63) is 24.3 Å². The molecular weight excluding hydrogens is 226 g/mol. The summed E-state index contributed by atoms with van der Waals surface area (Å²) in [4.78, 5) is 13.1. The van der Waals surface area contributed by atoms with Gasteiger partial charge >= 0.3 is 0 Å². The van der Waals surface area contributed by atoms with Gasteiger partial charge in [0, 0.05) is 25.3 Å². The number of aromatic nitrogens is 2. The van der Waals surface area contributed by atoms with Crippen LogP contribution in [0, 0.1) is 0 Å². The van der Waals surface area contributed by atoms with E-state index in [0.717, 1.165) is 12.2 Å². The van der Waals surface area contributed by atoms with E-state index in [1.54, 1.807) is 12.5 Å². The summed E-state index contributed by atoms with van der Waals surface area (Å²) in [6.07, 6.45) is 5.87. The van der Waals surface area contributed by atoms with Crippen LogP contribution < -0.4 is 5.73 Å². The summed E-state index contributed by atoms with van der Waals surface area (Å²) in [5, 5.41) is 0. The third-order valence-electron chi connectivity index (χ3n) is 3.84. The van der Waals surface area contributed by atoms with E-state index < -0.39 is 0 Å². The lowest BCUT2D eigenvalue weighted by atomic mass is 10.0. The molecule has 2 unspecified atom stereocenters. The first kappa shape index (κ1) is 13.4. The molecule has 0 radical (unpaired) electrons. The highest BCUT2D eigenvalue weighted by Gasteiger charge is 2.27. The zero-order valence-corrected chi connectivity index (χ0v) is 11.3. The van der Waals surface area contributed by atoms with E-state index in [0.29, 0.717) is 12.6 Å². The average molecular weight is 249 g/mol. The predicted molar refractivity (Wildman–Crippen MR) is 72.1 cm³/mol. The second kappa shape index (κ2) is 6.22. The van der Waals surface area contributed by atoms with Gasteiger partial charge in [-0.1, -0.05) is 0 Å². The summed E-state index contributed by atoms with van der Waals surface area (Å²) >= 11 is 0. The molecule has 5 nitrogen and oxygen atoms in total. The molecule has 1 aliphatic heterocycles. The minimum Gasteiger partial charge on any atom is -0.329 e. The van der Waals surface area contributed by atoms with Gasteiger partial charge in [0.1, 0.15) is 6.33 Å². The summed E-state index contributed by atoms with van der Waals surface area (Å²) in [5.74, 6) is 0. The largest absolute Gasteiger partial charge is 0.329 e. The van der Waals surface area contributed by atoms with Crippen LogP contribution in [0.3, 0.4) is 0 Å². The van der Waals surface area contributed by atoms with Crippen LogP contribution in [0.4, 0.5) is 0 Å². The first-order valence-corrected chi connectivity index (χ1v) is 6.59. The van der Waals surface area contributed by atoms with Crippen molar-refractivity contribution in [2.45, 2.75) is 24.9 Å². The van der Waals surface area contributed by atoms with Crippen LogP contribution in [0.2, 0.25) is 0 Å². The van der Waals surface area contributed by atoms with Crippen LogP contribution in [0.5, 0.6) is 0 Å². The Morgan fingerprint density at radius 3 is 3.06 bits per heavy atom. The number of hydrogen-bond donors (Lipinski definition) is 1. The highest BCUT2D eigenvalue weighted by molar-refractivity contribution is 5.06. The maximum atomic E-state index is 5.93. The summed E-state index contributed by atoms with van der Waals surface area (Å²) in [5.41, 5.74) is 6.95. The van der Waals surface area contributed by atoms with Gasteiger partial charge < -0.3 is 10.6 Å². The van der Waals surface area contributed by atoms with Gasteiger partial charge in [-0.3, -0.25) is 4.90 Å². The van der Waals surface area contributed by atoms with Crippen molar-refractivity contribution < 1.29 is 0 Å². The molecule has 18 heavy (non-hydrogen) atoms. The van der Waals surface area contributed by atoms with Crippen molar-refractivity contribution in [2.24, 2.45) is 5.73 Å². The Kier molecular flexibility index (Phi) is 4.63. The van der Waals surface area contributed by atoms with Gasteiger partial charge in [-0.05, 0) is 39.5 Å². The molecule has 0 aliphatic carbocycles. The smallest absolute Gasteiger partial charge is 0.115 e. The maximum Gasteiger partial charge on any atom is 0.115 e. The molecule has 0 saturated carbocycles. The second-order valence-corrected chi connectivity index (χ2v) is 5.11. The molecule has 1 saturated heterocycles. The van der Waals surface area contributed by atoms with Gasteiger partial charge in [0.05, 0.1) is 11.7 Å². The summed E-state index contributed by atoms with van der Waals surface area (Å²) < 4.78 is 0. The van der Waals surface area contributed by atoms with E-state index >= 15 is 0 Å². The number of nitrogens with two attached hydrogens (primary N) is 1. The Labute approximate surface area is 109 Å². The molecule has 1 aliphatic rings. The zero-order valence-electron chi connectivity index (χ0n) is 11.3. The van der Waals surface area contributed by atoms with Gasteiger partial charge in [0.15, 0.2) is 0 Å². The molecule has 0 aromatic carbocycles. The highest BCUT2D eigenvalue weighted by Crippen LogP contribution is 2.22. The number of hydrogen-bond acceptors (Lipinski definition) is 5. The van der Waals surface area contributed by atoms with E-state index in [1.165, 1.54) is 19.4 Å². The topological polar surface area (TPSA) is 58.3 Å². The molecular formula is C13H23N5.